The van der Waals surface area contributed by atoms with Crippen molar-refractivity contribution in [2.24, 2.45) is 46.3 Å². The molecule has 4 aliphatic carbocycles. The largest absolute Gasteiger partial charge is 0.481 e. The average molecular weight is 409 g/mol. The Hall–Kier alpha value is -0.650. The number of carbonyl (C=O) groups is 1. The van der Waals surface area contributed by atoms with Crippen molar-refractivity contribution in [2.45, 2.75) is 96.9 Å². The van der Waals surface area contributed by atoms with Crippen molar-refractivity contribution >= 4 is 5.97 Å². The molecule has 0 spiro atoms. The van der Waals surface area contributed by atoms with E-state index >= 15 is 0 Å². The van der Waals surface area contributed by atoms with E-state index in [0.717, 1.165) is 38.5 Å². The van der Waals surface area contributed by atoms with Gasteiger partial charge in [-0.3, -0.25) is 4.79 Å². The van der Waals surface area contributed by atoms with Gasteiger partial charge < -0.3 is 20.4 Å². The molecule has 4 fully saturated rings. The lowest BCUT2D eigenvalue weighted by Gasteiger charge is -2.63. The minimum Gasteiger partial charge on any atom is -0.481 e. The Morgan fingerprint density at radius 1 is 0.931 bits per heavy atom. The molecule has 5 heteroatoms. The smallest absolute Gasteiger partial charge is 0.303 e. The fourth-order valence-electron chi connectivity index (χ4n) is 8.79. The Balaban J connectivity index is 1.57. The molecular formula is C24H40O5. The normalized spacial score (nSPS) is 52.9. The maximum absolute atomic E-state index is 11.3. The molecule has 0 amide bonds. The molecular weight excluding hydrogens is 368 g/mol. The highest BCUT2D eigenvalue weighted by Gasteiger charge is 2.64. The Bertz CT molecular complexity index is 637. The molecule has 5 nitrogen and oxygen atoms in total. The van der Waals surface area contributed by atoms with E-state index in [-0.39, 0.29) is 29.1 Å². The second-order valence-corrected chi connectivity index (χ2v) is 11.4. The summed E-state index contributed by atoms with van der Waals surface area (Å²) >= 11 is 0. The van der Waals surface area contributed by atoms with E-state index < -0.39 is 24.3 Å². The van der Waals surface area contributed by atoms with Gasteiger partial charge in [-0.15, -0.1) is 0 Å². The molecule has 4 saturated carbocycles. The van der Waals surface area contributed by atoms with Crippen LogP contribution in [-0.4, -0.2) is 44.7 Å². The van der Waals surface area contributed by atoms with Crippen LogP contribution in [0.25, 0.3) is 0 Å². The van der Waals surface area contributed by atoms with E-state index in [0.29, 0.717) is 36.5 Å². The maximum Gasteiger partial charge on any atom is 0.303 e. The molecule has 0 saturated heterocycles. The SMILES string of the molecule is C[C@H](CCC(=O)O)[C@H]1CC[C@H]2[C@@H]3[C@H](O)C[C@@H]4[C@@H](O)[C@H](O)CC[C@]4(C)[C@H]3CC[C@]12C. The summed E-state index contributed by atoms with van der Waals surface area (Å²) in [6, 6.07) is 0. The summed E-state index contributed by atoms with van der Waals surface area (Å²) < 4.78 is 0. The summed E-state index contributed by atoms with van der Waals surface area (Å²) in [5.74, 6) is 1.37. The highest BCUT2D eigenvalue weighted by molar-refractivity contribution is 5.66. The lowest BCUT2D eigenvalue weighted by atomic mass is 9.43. The minimum absolute atomic E-state index is 0.00309. The molecule has 4 N–H and O–H groups in total. The number of aliphatic hydroxyl groups is 3. The van der Waals surface area contributed by atoms with Crippen LogP contribution >= 0.6 is 0 Å². The molecule has 0 aliphatic heterocycles. The first-order chi connectivity index (χ1) is 13.6. The average Bonchev–Trinajstić information content (AvgIpc) is 3.02. The number of hydrogen-bond donors (Lipinski definition) is 4. The lowest BCUT2D eigenvalue weighted by Crippen LogP contribution is -2.62. The highest BCUT2D eigenvalue weighted by Crippen LogP contribution is 2.68. The summed E-state index contributed by atoms with van der Waals surface area (Å²) in [5.41, 5.74) is 0.174. The van der Waals surface area contributed by atoms with E-state index in [1.807, 2.05) is 0 Å². The van der Waals surface area contributed by atoms with Gasteiger partial charge in [0.05, 0.1) is 18.3 Å². The number of rotatable bonds is 4. The van der Waals surface area contributed by atoms with E-state index in [9.17, 15) is 20.1 Å². The van der Waals surface area contributed by atoms with Crippen LogP contribution in [0.2, 0.25) is 0 Å². The van der Waals surface area contributed by atoms with Gasteiger partial charge in [0.15, 0.2) is 0 Å². The zero-order chi connectivity index (χ0) is 21.1. The number of fused-ring (bicyclic) bond motifs is 5. The third-order valence-corrected chi connectivity index (χ3v) is 10.3. The summed E-state index contributed by atoms with van der Waals surface area (Å²) in [4.78, 5) is 11.1. The van der Waals surface area contributed by atoms with Crippen molar-refractivity contribution in [1.29, 1.82) is 0 Å². The van der Waals surface area contributed by atoms with Crippen LogP contribution in [-0.2, 0) is 4.79 Å². The third-order valence-electron chi connectivity index (χ3n) is 10.3. The number of carboxylic acids is 1. The topological polar surface area (TPSA) is 98.0 Å². The van der Waals surface area contributed by atoms with Crippen LogP contribution in [0.1, 0.15) is 78.6 Å². The molecule has 0 heterocycles. The van der Waals surface area contributed by atoms with Gasteiger partial charge in [0.25, 0.3) is 0 Å². The van der Waals surface area contributed by atoms with Gasteiger partial charge in [0, 0.05) is 6.42 Å². The summed E-state index contributed by atoms with van der Waals surface area (Å²) in [6.07, 6.45) is 5.87. The zero-order valence-corrected chi connectivity index (χ0v) is 18.3. The van der Waals surface area contributed by atoms with Gasteiger partial charge in [0.2, 0.25) is 0 Å². The fraction of sp³-hybridized carbons (Fsp3) is 0.958. The van der Waals surface area contributed by atoms with Gasteiger partial charge >= 0.3 is 5.97 Å². The highest BCUT2D eigenvalue weighted by atomic mass is 16.4. The Labute approximate surface area is 174 Å². The van der Waals surface area contributed by atoms with Crippen molar-refractivity contribution in [2.75, 3.05) is 0 Å². The predicted molar refractivity (Wildman–Crippen MR) is 110 cm³/mol. The molecule has 0 bridgehead atoms. The second-order valence-electron chi connectivity index (χ2n) is 11.4. The Morgan fingerprint density at radius 2 is 1.59 bits per heavy atom. The maximum atomic E-state index is 11.3. The molecule has 166 valence electrons. The Kier molecular flexibility index (Phi) is 5.57. The van der Waals surface area contributed by atoms with Gasteiger partial charge in [0.1, 0.15) is 0 Å². The standard InChI is InChI=1S/C24H40O5/c1-13(4-7-20(27)28)14-5-6-15-21-16(8-10-23(14,15)2)24(3)11-9-18(25)22(29)17(24)12-19(21)26/h13-19,21-22,25-26,29H,4-12H2,1-3H3,(H,27,28)/t13-,14-,15+,16+,17-,18-,19-,21+,22-,23-,24-/m1/s1. The van der Waals surface area contributed by atoms with Crippen LogP contribution in [0, 0.1) is 46.3 Å². The first-order valence-corrected chi connectivity index (χ1v) is 11.9. The number of hydrogen-bond acceptors (Lipinski definition) is 4. The Morgan fingerprint density at radius 3 is 2.28 bits per heavy atom. The van der Waals surface area contributed by atoms with Crippen LogP contribution in [0.4, 0.5) is 0 Å². The molecule has 0 aromatic heterocycles. The lowest BCUT2D eigenvalue weighted by molar-refractivity contribution is -0.206. The first-order valence-electron chi connectivity index (χ1n) is 11.9. The summed E-state index contributed by atoms with van der Waals surface area (Å²) in [6.45, 7) is 6.94. The zero-order valence-electron chi connectivity index (χ0n) is 18.3. The van der Waals surface area contributed by atoms with E-state index in [1.165, 1.54) is 0 Å². The van der Waals surface area contributed by atoms with Crippen LogP contribution < -0.4 is 0 Å². The molecule has 0 aromatic carbocycles. The number of aliphatic hydroxyl groups excluding tert-OH is 3. The number of carboxylic acid groups (broad SMARTS) is 1. The quantitative estimate of drug-likeness (QED) is 0.571. The van der Waals surface area contributed by atoms with Crippen molar-refractivity contribution in [1.82, 2.24) is 0 Å². The monoisotopic (exact) mass is 408 g/mol. The molecule has 0 aromatic rings. The van der Waals surface area contributed by atoms with Crippen LogP contribution in [0.15, 0.2) is 0 Å². The first kappa shape index (κ1) is 21.6. The molecule has 11 atom stereocenters. The van der Waals surface area contributed by atoms with Crippen molar-refractivity contribution in [3.8, 4) is 0 Å². The molecule has 0 unspecified atom stereocenters. The third kappa shape index (κ3) is 3.27. The van der Waals surface area contributed by atoms with E-state index in [1.54, 1.807) is 0 Å². The van der Waals surface area contributed by atoms with Gasteiger partial charge in [-0.1, -0.05) is 20.8 Å². The molecule has 29 heavy (non-hydrogen) atoms. The molecule has 4 aliphatic rings. The van der Waals surface area contributed by atoms with Crippen molar-refractivity contribution in [3.05, 3.63) is 0 Å². The number of aliphatic carboxylic acids is 1. The van der Waals surface area contributed by atoms with E-state index in [4.69, 9.17) is 5.11 Å². The summed E-state index contributed by atoms with van der Waals surface area (Å²) in [5, 5.41) is 41.3. The van der Waals surface area contributed by atoms with E-state index in [2.05, 4.69) is 20.8 Å². The molecule has 0 radical (unpaired) electrons. The van der Waals surface area contributed by atoms with Crippen LogP contribution in [0.5, 0.6) is 0 Å². The van der Waals surface area contributed by atoms with Gasteiger partial charge in [-0.25, -0.2) is 0 Å². The van der Waals surface area contributed by atoms with Crippen molar-refractivity contribution in [3.63, 3.8) is 0 Å². The fourth-order valence-corrected chi connectivity index (χ4v) is 8.79. The van der Waals surface area contributed by atoms with Gasteiger partial charge in [-0.2, -0.15) is 0 Å². The van der Waals surface area contributed by atoms with Crippen LogP contribution in [0.3, 0.4) is 0 Å². The van der Waals surface area contributed by atoms with Crippen molar-refractivity contribution < 1.29 is 25.2 Å². The second kappa shape index (κ2) is 7.49. The predicted octanol–water partition coefficient (Wildman–Crippen LogP) is 3.45. The minimum atomic E-state index is -0.718. The van der Waals surface area contributed by atoms with Gasteiger partial charge in [-0.05, 0) is 97.7 Å². The molecule has 4 rings (SSSR count). The summed E-state index contributed by atoms with van der Waals surface area (Å²) in [7, 11) is 0.